The fraction of sp³-hybridized carbons (Fsp3) is 0.362. The first-order valence-electron chi connectivity index (χ1n) is 19.9. The molecule has 5 rings (SSSR count). The predicted molar refractivity (Wildman–Crippen MR) is 250 cm³/mol. The monoisotopic (exact) mass is 974 g/mol. The summed E-state index contributed by atoms with van der Waals surface area (Å²) >= 11 is 2.19. The van der Waals surface area contributed by atoms with Crippen molar-refractivity contribution in [2.45, 2.75) is 105 Å². The Bertz CT molecular complexity index is 2500. The summed E-state index contributed by atoms with van der Waals surface area (Å²) in [5.74, 6) is 6.95. The first kappa shape index (κ1) is 49.3. The van der Waals surface area contributed by atoms with Gasteiger partial charge in [0.05, 0.1) is 36.5 Å². The van der Waals surface area contributed by atoms with Gasteiger partial charge in [-0.1, -0.05) is 48.2 Å². The predicted octanol–water partition coefficient (Wildman–Crippen LogP) is 11.4. The number of carbonyl (C=O) groups excluding carboxylic acids is 4. The molecule has 0 saturated carbocycles. The molecule has 334 valence electrons. The molecule has 16 heteroatoms. The maximum absolute atomic E-state index is 13.1. The number of amides is 2. The van der Waals surface area contributed by atoms with E-state index in [-0.39, 0.29) is 11.9 Å². The molecule has 2 aromatic heterocycles. The molecule has 3 aromatic carbocycles. The third-order valence-electron chi connectivity index (χ3n) is 7.63. The number of nitrogens with zero attached hydrogens (tertiary/aromatic N) is 4. The molecule has 0 spiro atoms. The van der Waals surface area contributed by atoms with Crippen LogP contribution in [0.5, 0.6) is 5.75 Å². The second-order valence-corrected chi connectivity index (χ2v) is 19.1. The highest BCUT2D eigenvalue weighted by Crippen LogP contribution is 2.28. The molecule has 5 aromatic rings. The van der Waals surface area contributed by atoms with Crippen molar-refractivity contribution in [3.05, 3.63) is 99.9 Å². The maximum Gasteiger partial charge on any atom is 0.421 e. The van der Waals surface area contributed by atoms with E-state index in [1.807, 2.05) is 72.8 Å². The average molecular weight is 975 g/mol. The number of para-hydroxylation sites is 1. The smallest absolute Gasteiger partial charge is 0.421 e. The van der Waals surface area contributed by atoms with Crippen LogP contribution >= 0.6 is 22.6 Å². The zero-order chi connectivity index (χ0) is 46.9. The summed E-state index contributed by atoms with van der Waals surface area (Å²) in [7, 11) is 1.60. The molecule has 0 unspecified atom stereocenters. The van der Waals surface area contributed by atoms with Gasteiger partial charge >= 0.3 is 24.4 Å². The summed E-state index contributed by atoms with van der Waals surface area (Å²) in [6, 6.07) is 22.4. The Kier molecular flexibility index (Phi) is 15.8. The summed E-state index contributed by atoms with van der Waals surface area (Å²) in [5, 5.41) is 5.07. The van der Waals surface area contributed by atoms with Gasteiger partial charge < -0.3 is 23.7 Å². The second-order valence-electron chi connectivity index (χ2n) is 17.9. The van der Waals surface area contributed by atoms with Gasteiger partial charge in [-0.3, -0.25) is 10.6 Å². The van der Waals surface area contributed by atoms with Crippen LogP contribution in [0.15, 0.2) is 85.2 Å². The van der Waals surface area contributed by atoms with Crippen LogP contribution in [0.4, 0.5) is 31.1 Å². The van der Waals surface area contributed by atoms with Crippen molar-refractivity contribution >= 4 is 58.9 Å². The maximum atomic E-state index is 13.1. The molecule has 0 atom stereocenters. The Balaban J connectivity index is 0.000000288. The van der Waals surface area contributed by atoms with E-state index in [4.69, 9.17) is 23.7 Å². The Morgan fingerprint density at radius 2 is 1.02 bits per heavy atom. The molecule has 2 N–H and O–H groups in total. The van der Waals surface area contributed by atoms with Gasteiger partial charge in [-0.2, -0.15) is 0 Å². The van der Waals surface area contributed by atoms with Crippen LogP contribution in [0.3, 0.4) is 0 Å². The number of hydrogen-bond donors (Lipinski definition) is 2. The molecular formula is C47H55IN6O9. The number of carbonyl (C=O) groups is 4. The van der Waals surface area contributed by atoms with Gasteiger partial charge in [0.25, 0.3) is 0 Å². The average Bonchev–Trinajstić information content (AvgIpc) is 3.76. The lowest BCUT2D eigenvalue weighted by Gasteiger charge is -2.22. The number of aromatic nitrogens is 4. The fourth-order valence-electron chi connectivity index (χ4n) is 5.35. The molecule has 0 bridgehead atoms. The van der Waals surface area contributed by atoms with Crippen LogP contribution in [0, 0.1) is 15.4 Å². The zero-order valence-corrected chi connectivity index (χ0v) is 40.1. The van der Waals surface area contributed by atoms with E-state index in [1.54, 1.807) is 90.2 Å². The topological polar surface area (TPSA) is 174 Å². The lowest BCUT2D eigenvalue weighted by molar-refractivity contribution is 0.0526. The quantitative estimate of drug-likeness (QED) is 0.0974. The summed E-state index contributed by atoms with van der Waals surface area (Å²) < 4.78 is 30.5. The molecule has 2 amide bonds. The van der Waals surface area contributed by atoms with E-state index in [0.717, 1.165) is 20.3 Å². The van der Waals surface area contributed by atoms with Crippen molar-refractivity contribution in [3.8, 4) is 40.1 Å². The first-order chi connectivity index (χ1) is 29.2. The SMILES string of the molecule is CC(C)(C)OC(=O)Nc1ncc(-c2cccc(I)c2)n1C(=O)OC(C)(C)C.COc1ccccc1C#Cc1cccc(-c2cnc(NC(=O)OC(C)(C)C)n2C(=O)OC(C)(C)C)c1. The second kappa shape index (κ2) is 20.2. The minimum Gasteiger partial charge on any atom is -0.495 e. The number of halogens is 1. The lowest BCUT2D eigenvalue weighted by Crippen LogP contribution is -2.31. The molecule has 0 saturated heterocycles. The summed E-state index contributed by atoms with van der Waals surface area (Å²) in [6.07, 6.45) is 0.241. The number of benzene rings is 3. The number of nitrogens with one attached hydrogen (secondary N) is 2. The number of anilines is 2. The van der Waals surface area contributed by atoms with E-state index in [1.165, 1.54) is 21.5 Å². The zero-order valence-electron chi connectivity index (χ0n) is 37.9. The van der Waals surface area contributed by atoms with Crippen molar-refractivity contribution in [1.82, 2.24) is 19.1 Å². The molecule has 15 nitrogen and oxygen atoms in total. The number of hydrogen-bond acceptors (Lipinski definition) is 11. The highest BCUT2D eigenvalue weighted by Gasteiger charge is 2.28. The van der Waals surface area contributed by atoms with Gasteiger partial charge in [-0.15, -0.1) is 0 Å². The molecule has 0 radical (unpaired) electrons. The molecule has 0 aliphatic carbocycles. The molecule has 0 fully saturated rings. The first-order valence-corrected chi connectivity index (χ1v) is 20.9. The third-order valence-corrected chi connectivity index (χ3v) is 8.30. The van der Waals surface area contributed by atoms with Crippen LogP contribution in [-0.2, 0) is 18.9 Å². The summed E-state index contributed by atoms with van der Waals surface area (Å²) in [4.78, 5) is 58.9. The van der Waals surface area contributed by atoms with E-state index < -0.39 is 46.8 Å². The summed E-state index contributed by atoms with van der Waals surface area (Å²) in [6.45, 7) is 21.1. The highest BCUT2D eigenvalue weighted by molar-refractivity contribution is 14.1. The number of methoxy groups -OCH3 is 1. The van der Waals surface area contributed by atoms with Gasteiger partial charge in [0, 0.05) is 20.3 Å². The van der Waals surface area contributed by atoms with Gasteiger partial charge in [0.1, 0.15) is 28.2 Å². The van der Waals surface area contributed by atoms with Crippen LogP contribution in [0.25, 0.3) is 22.5 Å². The van der Waals surface area contributed by atoms with Gasteiger partial charge in [-0.25, -0.2) is 38.3 Å². The van der Waals surface area contributed by atoms with Crippen molar-refractivity contribution in [1.29, 1.82) is 0 Å². The number of rotatable bonds is 5. The highest BCUT2D eigenvalue weighted by atomic mass is 127. The van der Waals surface area contributed by atoms with Crippen LogP contribution < -0.4 is 15.4 Å². The van der Waals surface area contributed by atoms with Crippen molar-refractivity contribution < 1.29 is 42.9 Å². The van der Waals surface area contributed by atoms with Gasteiger partial charge in [0.2, 0.25) is 11.9 Å². The van der Waals surface area contributed by atoms with E-state index in [9.17, 15) is 19.2 Å². The van der Waals surface area contributed by atoms with Gasteiger partial charge in [-0.05, 0) is 142 Å². The Morgan fingerprint density at radius 1 is 0.571 bits per heavy atom. The molecule has 0 aliphatic heterocycles. The molecular weight excluding hydrogens is 919 g/mol. The van der Waals surface area contributed by atoms with Crippen LogP contribution in [0.2, 0.25) is 0 Å². The molecule has 63 heavy (non-hydrogen) atoms. The van der Waals surface area contributed by atoms with Gasteiger partial charge in [0.15, 0.2) is 0 Å². The van der Waals surface area contributed by atoms with E-state index in [0.29, 0.717) is 22.7 Å². The summed E-state index contributed by atoms with van der Waals surface area (Å²) in [5.41, 5.74) is 0.998. The fourth-order valence-corrected chi connectivity index (χ4v) is 5.90. The minimum atomic E-state index is -0.760. The Labute approximate surface area is 382 Å². The van der Waals surface area contributed by atoms with E-state index in [2.05, 4.69) is 55.0 Å². The third kappa shape index (κ3) is 15.5. The van der Waals surface area contributed by atoms with E-state index >= 15 is 0 Å². The van der Waals surface area contributed by atoms with Crippen LogP contribution in [0.1, 0.15) is 94.2 Å². The van der Waals surface area contributed by atoms with Crippen LogP contribution in [-0.4, -0.2) is 73.0 Å². The number of imidazole rings is 2. The molecule has 0 aliphatic rings. The minimum absolute atomic E-state index is 0.0148. The Morgan fingerprint density at radius 3 is 1.46 bits per heavy atom. The molecule has 2 heterocycles. The lowest BCUT2D eigenvalue weighted by atomic mass is 10.1. The number of ether oxygens (including phenoxy) is 5. The normalized spacial score (nSPS) is 11.5. The standard InChI is InChI=1S/C28H31N3O5.C19H24IN3O4/c1-27(2,3)35-25(32)30-24-29-18-22(31(24)26(33)36-28(4,5)6)21-13-10-11-19(17-21)15-16-20-12-8-9-14-23(20)34-7;1-18(2,3)26-16(24)22-15-21-11-14(12-8-7-9-13(20)10-12)23(15)17(25)27-19(4,5)6/h8-14,17-18H,1-7H3,(H,29,30,32);7-11H,1-6H3,(H,21,22,24). The van der Waals surface area contributed by atoms with Crippen molar-refractivity contribution in [2.24, 2.45) is 0 Å². The van der Waals surface area contributed by atoms with Crippen molar-refractivity contribution in [2.75, 3.05) is 17.7 Å². The van der Waals surface area contributed by atoms with Crippen molar-refractivity contribution in [3.63, 3.8) is 0 Å². The Hall–Kier alpha value is -6.35. The largest absolute Gasteiger partial charge is 0.495 e.